The van der Waals surface area contributed by atoms with Gasteiger partial charge in [-0.2, -0.15) is 0 Å². The van der Waals surface area contributed by atoms with Crippen LogP contribution in [0.1, 0.15) is 12.5 Å². The van der Waals surface area contributed by atoms with Crippen LogP contribution in [0.2, 0.25) is 0 Å². The maximum atomic E-state index is 12.2. The lowest BCUT2D eigenvalue weighted by atomic mass is 10.1. The van der Waals surface area contributed by atoms with Crippen LogP contribution < -0.4 is 4.74 Å². The standard InChI is InChI=1S/C16H21NO6/c1-10(2)8-17(15(20)13(18)14(19)16(21)22)9-11-4-6-12(23-3)7-5-11/h4-7,13-14,18-19H,1,8-9H2,2-3H3,(H,21,22). The second-order valence-electron chi connectivity index (χ2n) is 5.23. The topological polar surface area (TPSA) is 107 Å². The molecule has 0 saturated heterocycles. The van der Waals surface area contributed by atoms with E-state index in [-0.39, 0.29) is 13.1 Å². The molecule has 0 spiro atoms. The first-order valence-electron chi connectivity index (χ1n) is 6.91. The van der Waals surface area contributed by atoms with Crippen LogP contribution in [0.3, 0.4) is 0 Å². The molecule has 7 heteroatoms. The van der Waals surface area contributed by atoms with Crippen molar-refractivity contribution in [3.8, 4) is 5.75 Å². The maximum absolute atomic E-state index is 12.2. The second kappa shape index (κ2) is 8.30. The van der Waals surface area contributed by atoms with E-state index >= 15 is 0 Å². The number of aliphatic carboxylic acids is 1. The number of aliphatic hydroxyl groups is 2. The Balaban J connectivity index is 2.92. The number of hydrogen-bond acceptors (Lipinski definition) is 5. The van der Waals surface area contributed by atoms with Crippen molar-refractivity contribution in [2.24, 2.45) is 0 Å². The van der Waals surface area contributed by atoms with Gasteiger partial charge >= 0.3 is 5.97 Å². The SMILES string of the molecule is C=C(C)CN(Cc1ccc(OC)cc1)C(=O)C(O)C(O)C(=O)O. The van der Waals surface area contributed by atoms with Gasteiger partial charge in [0.25, 0.3) is 5.91 Å². The van der Waals surface area contributed by atoms with Gasteiger partial charge in [0, 0.05) is 13.1 Å². The molecule has 0 fully saturated rings. The molecule has 126 valence electrons. The maximum Gasteiger partial charge on any atom is 0.335 e. The lowest BCUT2D eigenvalue weighted by Gasteiger charge is -2.26. The zero-order chi connectivity index (χ0) is 17.6. The van der Waals surface area contributed by atoms with Crippen molar-refractivity contribution >= 4 is 11.9 Å². The number of hydrogen-bond donors (Lipinski definition) is 3. The largest absolute Gasteiger partial charge is 0.497 e. The molecule has 0 heterocycles. The third kappa shape index (κ3) is 5.39. The molecule has 0 radical (unpaired) electrons. The number of benzene rings is 1. The summed E-state index contributed by atoms with van der Waals surface area (Å²) in [5.41, 5.74) is 1.42. The summed E-state index contributed by atoms with van der Waals surface area (Å²) in [6.45, 7) is 5.69. The van der Waals surface area contributed by atoms with Crippen molar-refractivity contribution in [1.29, 1.82) is 0 Å². The van der Waals surface area contributed by atoms with Gasteiger partial charge in [-0.1, -0.05) is 24.3 Å². The van der Waals surface area contributed by atoms with Crippen LogP contribution in [0.25, 0.3) is 0 Å². The summed E-state index contributed by atoms with van der Waals surface area (Å²) < 4.78 is 5.05. The van der Waals surface area contributed by atoms with Gasteiger partial charge in [0.15, 0.2) is 12.2 Å². The number of carboxylic acid groups (broad SMARTS) is 1. The molecule has 1 rings (SSSR count). The van der Waals surface area contributed by atoms with Gasteiger partial charge in [0.05, 0.1) is 7.11 Å². The molecule has 2 unspecified atom stereocenters. The van der Waals surface area contributed by atoms with Gasteiger partial charge in [-0.15, -0.1) is 0 Å². The Morgan fingerprint density at radius 1 is 1.22 bits per heavy atom. The average Bonchev–Trinajstić information content (AvgIpc) is 2.52. The van der Waals surface area contributed by atoms with Gasteiger partial charge in [0.1, 0.15) is 5.75 Å². The van der Waals surface area contributed by atoms with E-state index < -0.39 is 24.1 Å². The molecule has 0 aromatic heterocycles. The highest BCUT2D eigenvalue weighted by atomic mass is 16.5. The number of amides is 1. The number of carbonyl (C=O) groups is 2. The van der Waals surface area contributed by atoms with Crippen LogP contribution in [-0.4, -0.2) is 58.0 Å². The van der Waals surface area contributed by atoms with Gasteiger partial charge in [-0.05, 0) is 24.6 Å². The monoisotopic (exact) mass is 323 g/mol. The molecule has 0 aliphatic carbocycles. The number of aliphatic hydroxyl groups excluding tert-OH is 2. The van der Waals surface area contributed by atoms with Crippen molar-refractivity contribution in [2.75, 3.05) is 13.7 Å². The Hall–Kier alpha value is -2.38. The molecular weight excluding hydrogens is 302 g/mol. The molecule has 7 nitrogen and oxygen atoms in total. The fourth-order valence-corrected chi connectivity index (χ4v) is 1.95. The molecule has 0 aliphatic rings. The van der Waals surface area contributed by atoms with Crippen LogP contribution in [0, 0.1) is 0 Å². The summed E-state index contributed by atoms with van der Waals surface area (Å²) in [6, 6.07) is 6.94. The minimum Gasteiger partial charge on any atom is -0.497 e. The van der Waals surface area contributed by atoms with Gasteiger partial charge < -0.3 is 25.0 Å². The lowest BCUT2D eigenvalue weighted by Crippen LogP contribution is -2.47. The molecular formula is C16H21NO6. The van der Waals surface area contributed by atoms with Crippen molar-refractivity contribution in [1.82, 2.24) is 4.90 Å². The molecule has 0 bridgehead atoms. The number of carboxylic acids is 1. The summed E-state index contributed by atoms with van der Waals surface area (Å²) >= 11 is 0. The number of methoxy groups -OCH3 is 1. The van der Waals surface area contributed by atoms with E-state index in [1.165, 1.54) is 12.0 Å². The van der Waals surface area contributed by atoms with Crippen molar-refractivity contribution in [3.05, 3.63) is 42.0 Å². The Kier molecular flexibility index (Phi) is 6.74. The first-order valence-corrected chi connectivity index (χ1v) is 6.91. The summed E-state index contributed by atoms with van der Waals surface area (Å²) in [6.07, 6.45) is -4.21. The van der Waals surface area contributed by atoms with Crippen molar-refractivity contribution < 1.29 is 29.6 Å². The van der Waals surface area contributed by atoms with Crippen LogP contribution in [-0.2, 0) is 16.1 Å². The highest BCUT2D eigenvalue weighted by Gasteiger charge is 2.33. The van der Waals surface area contributed by atoms with Crippen molar-refractivity contribution in [3.63, 3.8) is 0 Å². The van der Waals surface area contributed by atoms with Crippen LogP contribution in [0.4, 0.5) is 0 Å². The number of nitrogens with zero attached hydrogens (tertiary/aromatic N) is 1. The average molecular weight is 323 g/mol. The van der Waals surface area contributed by atoms with E-state index in [2.05, 4.69) is 6.58 Å². The number of rotatable bonds is 8. The smallest absolute Gasteiger partial charge is 0.335 e. The zero-order valence-electron chi connectivity index (χ0n) is 13.1. The summed E-state index contributed by atoms with van der Waals surface area (Å²) in [4.78, 5) is 24.2. The minimum absolute atomic E-state index is 0.133. The van der Waals surface area contributed by atoms with E-state index in [0.29, 0.717) is 11.3 Å². The van der Waals surface area contributed by atoms with Gasteiger partial charge in [-0.25, -0.2) is 4.79 Å². The normalized spacial score (nSPS) is 13.0. The van der Waals surface area contributed by atoms with E-state index in [4.69, 9.17) is 9.84 Å². The molecule has 1 aromatic carbocycles. The quantitative estimate of drug-likeness (QED) is 0.598. The summed E-state index contributed by atoms with van der Waals surface area (Å²) in [7, 11) is 1.54. The molecule has 2 atom stereocenters. The highest BCUT2D eigenvalue weighted by molar-refractivity contribution is 5.87. The second-order valence-corrected chi connectivity index (χ2v) is 5.23. The Morgan fingerprint density at radius 3 is 2.22 bits per heavy atom. The van der Waals surface area contributed by atoms with Crippen LogP contribution >= 0.6 is 0 Å². The number of carbonyl (C=O) groups excluding carboxylic acids is 1. The first kappa shape index (κ1) is 18.7. The fraction of sp³-hybridized carbons (Fsp3) is 0.375. The third-order valence-electron chi connectivity index (χ3n) is 3.11. The Morgan fingerprint density at radius 2 is 1.78 bits per heavy atom. The van der Waals surface area contributed by atoms with E-state index in [9.17, 15) is 19.8 Å². The van der Waals surface area contributed by atoms with Gasteiger partial charge in [0.2, 0.25) is 0 Å². The predicted molar refractivity (Wildman–Crippen MR) is 82.9 cm³/mol. The zero-order valence-corrected chi connectivity index (χ0v) is 13.1. The van der Waals surface area contributed by atoms with Crippen LogP contribution in [0.5, 0.6) is 5.75 Å². The van der Waals surface area contributed by atoms with E-state index in [1.807, 2.05) is 0 Å². The fourth-order valence-electron chi connectivity index (χ4n) is 1.95. The molecule has 0 saturated carbocycles. The molecule has 1 aromatic rings. The highest BCUT2D eigenvalue weighted by Crippen LogP contribution is 2.15. The molecule has 1 amide bonds. The molecule has 3 N–H and O–H groups in total. The first-order chi connectivity index (χ1) is 10.8. The van der Waals surface area contributed by atoms with Gasteiger partial charge in [-0.3, -0.25) is 4.79 Å². The molecule has 0 aliphatic heterocycles. The Labute approximate surface area is 134 Å². The van der Waals surface area contributed by atoms with Crippen LogP contribution in [0.15, 0.2) is 36.4 Å². The third-order valence-corrected chi connectivity index (χ3v) is 3.11. The van der Waals surface area contributed by atoms with E-state index in [0.717, 1.165) is 5.56 Å². The predicted octanol–water partition coefficient (Wildman–Crippen LogP) is 0.406. The van der Waals surface area contributed by atoms with E-state index in [1.54, 1.807) is 31.2 Å². The van der Waals surface area contributed by atoms with Crippen molar-refractivity contribution in [2.45, 2.75) is 25.7 Å². The number of ether oxygens (including phenoxy) is 1. The summed E-state index contributed by atoms with van der Waals surface area (Å²) in [5.74, 6) is -1.88. The molecule has 23 heavy (non-hydrogen) atoms. The summed E-state index contributed by atoms with van der Waals surface area (Å²) in [5, 5.41) is 27.8. The lowest BCUT2D eigenvalue weighted by molar-refractivity contribution is -0.162. The minimum atomic E-state index is -2.18. The Bertz CT molecular complexity index is 568.